The van der Waals surface area contributed by atoms with Gasteiger partial charge >= 0.3 is 5.69 Å². The maximum absolute atomic E-state index is 12.2. The van der Waals surface area contributed by atoms with Crippen molar-refractivity contribution in [3.63, 3.8) is 0 Å². The predicted molar refractivity (Wildman–Crippen MR) is 81.7 cm³/mol. The van der Waals surface area contributed by atoms with Gasteiger partial charge in [-0.2, -0.15) is 0 Å². The summed E-state index contributed by atoms with van der Waals surface area (Å²) in [6.07, 6.45) is 4.70. The van der Waals surface area contributed by atoms with E-state index in [-0.39, 0.29) is 5.69 Å². The average Bonchev–Trinajstić information content (AvgIpc) is 3.15. The molecule has 0 saturated heterocycles. The minimum atomic E-state index is -0.214. The Kier molecular flexibility index (Phi) is 3.01. The summed E-state index contributed by atoms with van der Waals surface area (Å²) >= 11 is 1.45. The van der Waals surface area contributed by atoms with Gasteiger partial charge in [0.1, 0.15) is 16.6 Å². The lowest BCUT2D eigenvalue weighted by atomic mass is 10.2. The summed E-state index contributed by atoms with van der Waals surface area (Å²) in [5.41, 5.74) is 1.31. The van der Waals surface area contributed by atoms with Crippen LogP contribution in [0.4, 0.5) is 0 Å². The van der Waals surface area contributed by atoms with Gasteiger partial charge in [0.25, 0.3) is 0 Å². The largest absolute Gasteiger partial charge is 0.350 e. The molecule has 1 aromatic carbocycles. The molecule has 0 spiro atoms. The van der Waals surface area contributed by atoms with Gasteiger partial charge in [-0.3, -0.25) is 4.98 Å². The molecule has 0 aliphatic heterocycles. The lowest BCUT2D eigenvalue weighted by Crippen LogP contribution is -2.21. The number of benzene rings is 1. The monoisotopic (exact) mass is 310 g/mol. The molecule has 0 N–H and O–H groups in total. The van der Waals surface area contributed by atoms with Gasteiger partial charge in [0, 0.05) is 18.0 Å². The van der Waals surface area contributed by atoms with Crippen LogP contribution in [0.25, 0.3) is 16.2 Å². The fraction of sp³-hybridized carbons (Fsp3) is 0.0714. The molecule has 0 saturated carbocycles. The van der Waals surface area contributed by atoms with Gasteiger partial charge in [-0.1, -0.05) is 41.7 Å². The second kappa shape index (κ2) is 5.15. The Morgan fingerprint density at radius 2 is 2.00 bits per heavy atom. The summed E-state index contributed by atoms with van der Waals surface area (Å²) in [7, 11) is 0. The van der Waals surface area contributed by atoms with E-state index in [0.717, 1.165) is 15.6 Å². The molecule has 3 heterocycles. The van der Waals surface area contributed by atoms with Crippen molar-refractivity contribution in [1.82, 2.24) is 29.4 Å². The number of hydrogen-bond donors (Lipinski definition) is 0. The highest BCUT2D eigenvalue weighted by Crippen LogP contribution is 2.23. The zero-order chi connectivity index (χ0) is 14.9. The summed E-state index contributed by atoms with van der Waals surface area (Å²) in [6.45, 7) is 0.297. The molecule has 0 radical (unpaired) electrons. The van der Waals surface area contributed by atoms with Crippen LogP contribution >= 0.6 is 11.3 Å². The molecule has 0 amide bonds. The molecule has 8 heteroatoms. The van der Waals surface area contributed by atoms with Crippen molar-refractivity contribution in [2.75, 3.05) is 0 Å². The zero-order valence-electron chi connectivity index (χ0n) is 11.3. The Balaban J connectivity index is 1.67. The SMILES string of the molecule is O=c1n(Cc2nnc(-c3ccccc3)s2)nc2cnccn12. The second-order valence-electron chi connectivity index (χ2n) is 4.61. The van der Waals surface area contributed by atoms with Crippen LogP contribution in [0.15, 0.2) is 53.7 Å². The Labute approximate surface area is 128 Å². The molecule has 0 unspecified atom stereocenters. The average molecular weight is 310 g/mol. The fourth-order valence-corrected chi connectivity index (χ4v) is 2.95. The molecule has 3 aromatic heterocycles. The predicted octanol–water partition coefficient (Wildman–Crippen LogP) is 1.46. The van der Waals surface area contributed by atoms with Crippen LogP contribution in [0, 0.1) is 0 Å². The molecule has 7 nitrogen and oxygen atoms in total. The molecule has 0 atom stereocenters. The normalized spacial score (nSPS) is 11.1. The number of rotatable bonds is 3. The first-order valence-electron chi connectivity index (χ1n) is 6.58. The second-order valence-corrected chi connectivity index (χ2v) is 5.67. The minimum absolute atomic E-state index is 0.214. The highest BCUT2D eigenvalue weighted by molar-refractivity contribution is 7.14. The van der Waals surface area contributed by atoms with E-state index in [0.29, 0.717) is 12.2 Å². The van der Waals surface area contributed by atoms with Gasteiger partial charge < -0.3 is 0 Å². The molecule has 4 aromatic rings. The van der Waals surface area contributed by atoms with Crippen molar-refractivity contribution >= 4 is 17.0 Å². The molecule has 0 bridgehead atoms. The van der Waals surface area contributed by atoms with Crippen molar-refractivity contribution in [3.05, 3.63) is 64.4 Å². The standard InChI is InChI=1S/C14H10N6OS/c21-14-19-7-6-15-8-11(19)18-20(14)9-12-16-17-13(22-12)10-4-2-1-3-5-10/h1-8H,9H2. The third kappa shape index (κ3) is 2.19. The number of fused-ring (bicyclic) bond motifs is 1. The summed E-state index contributed by atoms with van der Waals surface area (Å²) < 4.78 is 2.82. The summed E-state index contributed by atoms with van der Waals surface area (Å²) in [4.78, 5) is 16.2. The van der Waals surface area contributed by atoms with Crippen LogP contribution < -0.4 is 5.69 Å². The van der Waals surface area contributed by atoms with E-state index in [1.165, 1.54) is 20.4 Å². The van der Waals surface area contributed by atoms with E-state index in [2.05, 4.69) is 20.3 Å². The molecular formula is C14H10N6OS. The molecule has 108 valence electrons. The highest BCUT2D eigenvalue weighted by Gasteiger charge is 2.11. The van der Waals surface area contributed by atoms with Crippen molar-refractivity contribution in [2.45, 2.75) is 6.54 Å². The number of hydrogen-bond acceptors (Lipinski definition) is 6. The van der Waals surface area contributed by atoms with Gasteiger partial charge in [-0.25, -0.2) is 13.9 Å². The molecule has 4 rings (SSSR count). The Morgan fingerprint density at radius 3 is 2.82 bits per heavy atom. The molecule has 22 heavy (non-hydrogen) atoms. The lowest BCUT2D eigenvalue weighted by molar-refractivity contribution is 0.651. The smallest absolute Gasteiger partial charge is 0.259 e. The Morgan fingerprint density at radius 1 is 1.14 bits per heavy atom. The maximum Gasteiger partial charge on any atom is 0.350 e. The number of nitrogens with zero attached hydrogens (tertiary/aromatic N) is 6. The first kappa shape index (κ1) is 12.8. The van der Waals surface area contributed by atoms with Crippen LogP contribution in [-0.2, 0) is 6.54 Å². The van der Waals surface area contributed by atoms with Crippen molar-refractivity contribution in [1.29, 1.82) is 0 Å². The van der Waals surface area contributed by atoms with Crippen LogP contribution in [0.1, 0.15) is 5.01 Å². The van der Waals surface area contributed by atoms with Crippen LogP contribution in [0.3, 0.4) is 0 Å². The van der Waals surface area contributed by atoms with E-state index in [1.807, 2.05) is 30.3 Å². The first-order valence-corrected chi connectivity index (χ1v) is 7.40. The quantitative estimate of drug-likeness (QED) is 0.572. The third-order valence-electron chi connectivity index (χ3n) is 3.16. The minimum Gasteiger partial charge on any atom is -0.259 e. The van der Waals surface area contributed by atoms with E-state index in [4.69, 9.17) is 0 Å². The van der Waals surface area contributed by atoms with Crippen molar-refractivity contribution < 1.29 is 0 Å². The maximum atomic E-state index is 12.2. The van der Waals surface area contributed by atoms with Gasteiger partial charge in [0.15, 0.2) is 5.65 Å². The zero-order valence-corrected chi connectivity index (χ0v) is 12.1. The summed E-state index contributed by atoms with van der Waals surface area (Å²) in [6, 6.07) is 9.82. The van der Waals surface area contributed by atoms with Crippen LogP contribution in [0.2, 0.25) is 0 Å². The van der Waals surface area contributed by atoms with Crippen molar-refractivity contribution in [2.24, 2.45) is 0 Å². The van der Waals surface area contributed by atoms with Gasteiger partial charge in [0.2, 0.25) is 0 Å². The van der Waals surface area contributed by atoms with Gasteiger partial charge in [0.05, 0.1) is 6.20 Å². The molecule has 0 aliphatic rings. The molecule has 0 aliphatic carbocycles. The third-order valence-corrected chi connectivity index (χ3v) is 4.12. The fourth-order valence-electron chi connectivity index (χ4n) is 2.13. The Bertz CT molecular complexity index is 987. The summed E-state index contributed by atoms with van der Waals surface area (Å²) in [5.74, 6) is 0. The van der Waals surface area contributed by atoms with Crippen LogP contribution in [-0.4, -0.2) is 29.4 Å². The van der Waals surface area contributed by atoms with Crippen molar-refractivity contribution in [3.8, 4) is 10.6 Å². The van der Waals surface area contributed by atoms with E-state index >= 15 is 0 Å². The first-order chi connectivity index (χ1) is 10.8. The highest BCUT2D eigenvalue weighted by atomic mass is 32.1. The lowest BCUT2D eigenvalue weighted by Gasteiger charge is -1.93. The van der Waals surface area contributed by atoms with E-state index in [9.17, 15) is 4.79 Å². The molecule has 0 fully saturated rings. The number of aromatic nitrogens is 6. The molecular weight excluding hydrogens is 300 g/mol. The van der Waals surface area contributed by atoms with E-state index < -0.39 is 0 Å². The Hall–Kier alpha value is -2.87. The van der Waals surface area contributed by atoms with Gasteiger partial charge in [-0.05, 0) is 0 Å². The van der Waals surface area contributed by atoms with E-state index in [1.54, 1.807) is 18.6 Å². The summed E-state index contributed by atoms with van der Waals surface area (Å²) in [5, 5.41) is 14.1. The van der Waals surface area contributed by atoms with Gasteiger partial charge in [-0.15, -0.1) is 15.3 Å². The van der Waals surface area contributed by atoms with Crippen LogP contribution in [0.5, 0.6) is 0 Å². The topological polar surface area (TPSA) is 78.0 Å².